The first-order chi connectivity index (χ1) is 8.34. The summed E-state index contributed by atoms with van der Waals surface area (Å²) in [6.07, 6.45) is 0. The Morgan fingerprint density at radius 1 is 1.06 bits per heavy atom. The number of hydrogen-bond donors (Lipinski definition) is 0. The zero-order chi connectivity index (χ0) is 11.7. The predicted molar refractivity (Wildman–Crippen MR) is 77.1 cm³/mol. The zero-order valence-corrected chi connectivity index (χ0v) is 11.2. The summed E-state index contributed by atoms with van der Waals surface area (Å²) in [4.78, 5) is 6.07. The van der Waals surface area contributed by atoms with Gasteiger partial charge in [0.25, 0.3) is 0 Å². The molecule has 1 aliphatic rings. The topological polar surface area (TPSA) is 12.4 Å². The summed E-state index contributed by atoms with van der Waals surface area (Å²) >= 11 is 3.66. The first-order valence-corrected chi connectivity index (χ1v) is 7.44. The minimum absolute atomic E-state index is 0.361. The molecule has 0 fully saturated rings. The lowest BCUT2D eigenvalue weighted by Crippen LogP contribution is -2.04. The zero-order valence-electron chi connectivity index (χ0n) is 9.54. The Hall–Kier alpha value is -1.06. The van der Waals surface area contributed by atoms with Crippen LogP contribution in [-0.2, 0) is 0 Å². The summed E-state index contributed by atoms with van der Waals surface area (Å²) in [5, 5.41) is 3.77. The minimum atomic E-state index is 0.361. The van der Waals surface area contributed by atoms with Gasteiger partial charge in [0.05, 0.1) is 16.2 Å². The summed E-state index contributed by atoms with van der Waals surface area (Å²) in [7, 11) is 0. The van der Waals surface area contributed by atoms with Crippen LogP contribution in [-0.4, -0.2) is 11.1 Å². The second kappa shape index (κ2) is 4.67. The van der Waals surface area contributed by atoms with Crippen molar-refractivity contribution >= 4 is 28.1 Å². The number of rotatable bonds is 2. The van der Waals surface area contributed by atoms with Crippen LogP contribution in [0.15, 0.2) is 52.8 Å². The van der Waals surface area contributed by atoms with Crippen LogP contribution in [0.4, 0.5) is 0 Å². The summed E-state index contributed by atoms with van der Waals surface area (Å²) in [6, 6.07) is 15.3. The first kappa shape index (κ1) is 11.1. The highest BCUT2D eigenvalue weighted by Gasteiger charge is 2.28. The molecule has 0 radical (unpaired) electrons. The maximum atomic E-state index is 4.78. The predicted octanol–water partition coefficient (Wildman–Crippen LogP) is 4.37. The van der Waals surface area contributed by atoms with E-state index in [9.17, 15) is 0 Å². The fourth-order valence-electron chi connectivity index (χ4n) is 2.01. The molecule has 17 heavy (non-hydrogen) atoms. The normalized spacial score (nSPS) is 23.7. The average molecular weight is 259 g/mol. The van der Waals surface area contributed by atoms with Crippen LogP contribution in [0.25, 0.3) is 0 Å². The van der Waals surface area contributed by atoms with Gasteiger partial charge in [0.2, 0.25) is 0 Å². The van der Waals surface area contributed by atoms with E-state index in [1.54, 1.807) is 11.3 Å². The quantitative estimate of drug-likeness (QED) is 0.780. The molecular formula is C14H13NS2. The summed E-state index contributed by atoms with van der Waals surface area (Å²) < 4.78 is 0. The van der Waals surface area contributed by atoms with Crippen LogP contribution < -0.4 is 0 Å². The summed E-state index contributed by atoms with van der Waals surface area (Å²) in [5.74, 6) is 0. The van der Waals surface area contributed by atoms with Gasteiger partial charge in [-0.15, -0.1) is 11.3 Å². The van der Waals surface area contributed by atoms with Crippen molar-refractivity contribution in [3.63, 3.8) is 0 Å². The molecule has 86 valence electrons. The van der Waals surface area contributed by atoms with Gasteiger partial charge in [-0.2, -0.15) is 0 Å². The van der Waals surface area contributed by atoms with Crippen molar-refractivity contribution in [3.8, 4) is 0 Å². The Bertz CT molecular complexity index is 516. The summed E-state index contributed by atoms with van der Waals surface area (Å²) in [5.41, 5.74) is 1.38. The molecule has 2 heterocycles. The molecular weight excluding hydrogens is 246 g/mol. The highest BCUT2D eigenvalue weighted by Crippen LogP contribution is 2.42. The molecule has 2 unspecified atom stereocenters. The second-order valence-corrected chi connectivity index (χ2v) is 6.18. The van der Waals surface area contributed by atoms with E-state index in [1.165, 1.54) is 15.5 Å². The molecule has 0 aliphatic carbocycles. The van der Waals surface area contributed by atoms with Crippen molar-refractivity contribution in [2.45, 2.75) is 18.2 Å². The maximum Gasteiger partial charge on any atom is 0.109 e. The third-order valence-electron chi connectivity index (χ3n) is 2.86. The molecule has 2 atom stereocenters. The molecule has 1 nitrogen and oxygen atoms in total. The van der Waals surface area contributed by atoms with E-state index < -0.39 is 0 Å². The molecule has 0 N–H and O–H groups in total. The maximum absolute atomic E-state index is 4.78. The van der Waals surface area contributed by atoms with Crippen molar-refractivity contribution in [2.24, 2.45) is 4.99 Å². The third-order valence-corrected chi connectivity index (χ3v) is 5.33. The Kier molecular flexibility index (Phi) is 3.04. The van der Waals surface area contributed by atoms with Gasteiger partial charge in [-0.1, -0.05) is 48.2 Å². The van der Waals surface area contributed by atoms with Crippen LogP contribution in [0.2, 0.25) is 0 Å². The van der Waals surface area contributed by atoms with Gasteiger partial charge in [-0.3, -0.25) is 4.99 Å². The van der Waals surface area contributed by atoms with E-state index in [0.29, 0.717) is 11.3 Å². The van der Waals surface area contributed by atoms with Gasteiger partial charge in [0, 0.05) is 0 Å². The van der Waals surface area contributed by atoms with Crippen LogP contribution in [0.1, 0.15) is 22.6 Å². The molecule has 1 aliphatic heterocycles. The van der Waals surface area contributed by atoms with Gasteiger partial charge >= 0.3 is 0 Å². The lowest BCUT2D eigenvalue weighted by molar-refractivity contribution is 0.740. The highest BCUT2D eigenvalue weighted by molar-refractivity contribution is 8.15. The molecule has 0 saturated heterocycles. The molecule has 1 aromatic heterocycles. The molecule has 3 heteroatoms. The van der Waals surface area contributed by atoms with Crippen LogP contribution in [0.5, 0.6) is 0 Å². The number of hydrogen-bond acceptors (Lipinski definition) is 3. The fraction of sp³-hybridized carbons (Fsp3) is 0.214. The Balaban J connectivity index is 1.85. The lowest BCUT2D eigenvalue weighted by Gasteiger charge is -2.12. The van der Waals surface area contributed by atoms with Crippen molar-refractivity contribution in [1.29, 1.82) is 0 Å². The van der Waals surface area contributed by atoms with Gasteiger partial charge in [-0.25, -0.2) is 0 Å². The van der Waals surface area contributed by atoms with Gasteiger partial charge in [0.1, 0.15) is 5.04 Å². The number of benzene rings is 1. The average Bonchev–Trinajstić information content (AvgIpc) is 2.99. The molecule has 0 bridgehead atoms. The van der Waals surface area contributed by atoms with Gasteiger partial charge in [-0.05, 0) is 23.9 Å². The molecule has 0 spiro atoms. The lowest BCUT2D eigenvalue weighted by atomic mass is 10.1. The van der Waals surface area contributed by atoms with Gasteiger partial charge < -0.3 is 0 Å². The molecule has 1 aromatic carbocycles. The molecule has 0 amide bonds. The Labute approximate surface area is 110 Å². The monoisotopic (exact) mass is 259 g/mol. The molecule has 3 rings (SSSR count). The number of nitrogens with zero attached hydrogens (tertiary/aromatic N) is 1. The van der Waals surface area contributed by atoms with Crippen LogP contribution >= 0.6 is 23.1 Å². The van der Waals surface area contributed by atoms with Crippen molar-refractivity contribution < 1.29 is 0 Å². The van der Waals surface area contributed by atoms with E-state index in [2.05, 4.69) is 54.8 Å². The standard InChI is InChI=1S/C14H13NS2/c1-10-13(11-6-3-2-4-7-11)17-14(15-10)12-8-5-9-16-12/h2-10,13H,1H3. The van der Waals surface area contributed by atoms with E-state index >= 15 is 0 Å². The van der Waals surface area contributed by atoms with Crippen molar-refractivity contribution in [2.75, 3.05) is 0 Å². The minimum Gasteiger partial charge on any atom is -0.272 e. The second-order valence-electron chi connectivity index (χ2n) is 4.10. The van der Waals surface area contributed by atoms with E-state index in [1.807, 2.05) is 11.8 Å². The van der Waals surface area contributed by atoms with Crippen LogP contribution in [0.3, 0.4) is 0 Å². The van der Waals surface area contributed by atoms with Crippen molar-refractivity contribution in [1.82, 2.24) is 0 Å². The first-order valence-electron chi connectivity index (χ1n) is 5.68. The Morgan fingerprint density at radius 3 is 2.59 bits per heavy atom. The van der Waals surface area contributed by atoms with E-state index in [0.717, 1.165) is 0 Å². The molecule has 2 aromatic rings. The number of thiophene rings is 1. The SMILES string of the molecule is CC1N=C(c2cccs2)SC1c1ccccc1. The van der Waals surface area contributed by atoms with Crippen molar-refractivity contribution in [3.05, 3.63) is 58.3 Å². The van der Waals surface area contributed by atoms with Gasteiger partial charge in [0.15, 0.2) is 0 Å². The summed E-state index contributed by atoms with van der Waals surface area (Å²) in [6.45, 7) is 2.20. The van der Waals surface area contributed by atoms with E-state index in [-0.39, 0.29) is 0 Å². The number of thioether (sulfide) groups is 1. The Morgan fingerprint density at radius 2 is 1.88 bits per heavy atom. The largest absolute Gasteiger partial charge is 0.272 e. The highest BCUT2D eigenvalue weighted by atomic mass is 32.2. The molecule has 0 saturated carbocycles. The number of aliphatic imine (C=N–C) groups is 1. The smallest absolute Gasteiger partial charge is 0.109 e. The van der Waals surface area contributed by atoms with E-state index in [4.69, 9.17) is 4.99 Å². The van der Waals surface area contributed by atoms with Crippen LogP contribution in [0, 0.1) is 0 Å². The fourth-order valence-corrected chi connectivity index (χ4v) is 4.12. The third kappa shape index (κ3) is 2.17.